The van der Waals surface area contributed by atoms with Crippen LogP contribution < -0.4 is 10.6 Å². The molecule has 22 heavy (non-hydrogen) atoms. The molecule has 2 amide bonds. The summed E-state index contributed by atoms with van der Waals surface area (Å²) in [7, 11) is 0. The molecule has 2 rings (SSSR count). The number of benzene rings is 2. The van der Waals surface area contributed by atoms with Gasteiger partial charge in [0.25, 0.3) is 0 Å². The van der Waals surface area contributed by atoms with Gasteiger partial charge >= 0.3 is 0 Å². The van der Waals surface area contributed by atoms with Gasteiger partial charge in [0.15, 0.2) is 0 Å². The van der Waals surface area contributed by atoms with E-state index < -0.39 is 17.7 Å². The summed E-state index contributed by atoms with van der Waals surface area (Å²) in [6.45, 7) is 5.28. The Balaban J connectivity index is 2.26. The number of carbonyl (C=O) groups is 2. The van der Waals surface area contributed by atoms with Crippen molar-refractivity contribution >= 4 is 17.5 Å². The Morgan fingerprint density at radius 1 is 0.955 bits per heavy atom. The van der Waals surface area contributed by atoms with Gasteiger partial charge in [-0.25, -0.2) is 0 Å². The molecule has 0 radical (unpaired) electrons. The van der Waals surface area contributed by atoms with Crippen molar-refractivity contribution in [2.45, 2.75) is 12.8 Å². The molecule has 0 saturated heterocycles. The first-order valence-corrected chi connectivity index (χ1v) is 6.95. The van der Waals surface area contributed by atoms with Crippen molar-refractivity contribution in [3.05, 3.63) is 78.5 Å². The Morgan fingerprint density at radius 3 is 2.05 bits per heavy atom. The molecule has 0 aliphatic rings. The van der Waals surface area contributed by atoms with Crippen LogP contribution in [-0.4, -0.2) is 11.8 Å². The van der Waals surface area contributed by atoms with Gasteiger partial charge in [-0.05, 0) is 17.7 Å². The monoisotopic (exact) mass is 294 g/mol. The van der Waals surface area contributed by atoms with Gasteiger partial charge in [-0.2, -0.15) is 0 Å². The number of hydrogen-bond acceptors (Lipinski definition) is 3. The lowest BCUT2D eigenvalue weighted by atomic mass is 9.95. The summed E-state index contributed by atoms with van der Waals surface area (Å²) < 4.78 is 0. The first-order chi connectivity index (χ1) is 10.6. The minimum Gasteiger partial charge on any atom is -0.358 e. The second kappa shape index (κ2) is 7.22. The molecular formula is C18H18N2O2. The van der Waals surface area contributed by atoms with E-state index in [2.05, 4.69) is 17.2 Å². The standard InChI is InChI=1S/C18H18N2O2/c1-13(19-16-11-7-4-8-12-16)17(18(22)20-14(2)21)15-9-5-3-6-10-15/h3-12,17,19H,1H2,2H3,(H,20,21,22)/t17-/m0/s1. The minimum absolute atomic E-state index is 0.390. The average Bonchev–Trinajstić information content (AvgIpc) is 2.48. The van der Waals surface area contributed by atoms with Gasteiger partial charge in [0.2, 0.25) is 11.8 Å². The fourth-order valence-corrected chi connectivity index (χ4v) is 2.18. The van der Waals surface area contributed by atoms with Crippen LogP contribution in [-0.2, 0) is 9.59 Å². The summed E-state index contributed by atoms with van der Waals surface area (Å²) >= 11 is 0. The topological polar surface area (TPSA) is 58.2 Å². The van der Waals surface area contributed by atoms with E-state index in [-0.39, 0.29) is 0 Å². The van der Waals surface area contributed by atoms with E-state index in [4.69, 9.17) is 0 Å². The zero-order valence-corrected chi connectivity index (χ0v) is 12.4. The molecule has 112 valence electrons. The van der Waals surface area contributed by atoms with Crippen molar-refractivity contribution in [3.8, 4) is 0 Å². The van der Waals surface area contributed by atoms with Crippen LogP contribution in [0.15, 0.2) is 72.9 Å². The van der Waals surface area contributed by atoms with Crippen LogP contribution in [0, 0.1) is 0 Å². The highest BCUT2D eigenvalue weighted by molar-refractivity contribution is 5.99. The quantitative estimate of drug-likeness (QED) is 0.891. The Bertz CT molecular complexity index is 666. The second-order valence-electron chi connectivity index (χ2n) is 4.91. The molecule has 0 spiro atoms. The van der Waals surface area contributed by atoms with Crippen molar-refractivity contribution in [1.29, 1.82) is 0 Å². The number of anilines is 1. The Hall–Kier alpha value is -2.88. The molecule has 1 atom stereocenters. The minimum atomic E-state index is -0.648. The van der Waals surface area contributed by atoms with Crippen LogP contribution in [0.5, 0.6) is 0 Å². The highest BCUT2D eigenvalue weighted by Gasteiger charge is 2.24. The highest BCUT2D eigenvalue weighted by Crippen LogP contribution is 2.25. The van der Waals surface area contributed by atoms with Crippen LogP contribution >= 0.6 is 0 Å². The van der Waals surface area contributed by atoms with Gasteiger partial charge in [-0.3, -0.25) is 14.9 Å². The maximum Gasteiger partial charge on any atom is 0.240 e. The number of nitrogens with one attached hydrogen (secondary N) is 2. The van der Waals surface area contributed by atoms with Crippen molar-refractivity contribution in [1.82, 2.24) is 5.32 Å². The molecule has 0 heterocycles. The first kappa shape index (κ1) is 15.5. The molecule has 2 N–H and O–H groups in total. The van der Waals surface area contributed by atoms with E-state index in [1.165, 1.54) is 6.92 Å². The van der Waals surface area contributed by atoms with Gasteiger partial charge in [0.1, 0.15) is 5.92 Å². The third kappa shape index (κ3) is 4.06. The van der Waals surface area contributed by atoms with E-state index in [1.54, 1.807) is 0 Å². The maximum atomic E-state index is 12.4. The first-order valence-electron chi connectivity index (χ1n) is 6.95. The summed E-state index contributed by atoms with van der Waals surface area (Å²) in [5.41, 5.74) is 2.12. The predicted octanol–water partition coefficient (Wildman–Crippen LogP) is 3.06. The average molecular weight is 294 g/mol. The third-order valence-electron chi connectivity index (χ3n) is 3.12. The maximum absolute atomic E-state index is 12.4. The molecule has 2 aromatic rings. The molecular weight excluding hydrogens is 276 g/mol. The zero-order valence-electron chi connectivity index (χ0n) is 12.4. The fourth-order valence-electron chi connectivity index (χ4n) is 2.18. The number of para-hydroxylation sites is 1. The molecule has 0 aliphatic heterocycles. The van der Waals surface area contributed by atoms with Crippen LogP contribution in [0.3, 0.4) is 0 Å². The summed E-state index contributed by atoms with van der Waals surface area (Å²) in [4.78, 5) is 23.5. The Kier molecular flexibility index (Phi) is 5.09. The molecule has 4 nitrogen and oxygen atoms in total. The highest BCUT2D eigenvalue weighted by atomic mass is 16.2. The van der Waals surface area contributed by atoms with Crippen LogP contribution in [0.25, 0.3) is 0 Å². The molecule has 0 fully saturated rings. The molecule has 0 saturated carbocycles. The molecule has 0 aliphatic carbocycles. The van der Waals surface area contributed by atoms with Gasteiger partial charge in [0.05, 0.1) is 0 Å². The zero-order chi connectivity index (χ0) is 15.9. The van der Waals surface area contributed by atoms with Gasteiger partial charge in [0, 0.05) is 18.3 Å². The molecule has 0 unspecified atom stereocenters. The summed E-state index contributed by atoms with van der Waals surface area (Å²) in [5, 5.41) is 5.46. The van der Waals surface area contributed by atoms with Gasteiger partial charge in [-0.15, -0.1) is 0 Å². The van der Waals surface area contributed by atoms with Crippen molar-refractivity contribution in [2.75, 3.05) is 5.32 Å². The summed E-state index contributed by atoms with van der Waals surface area (Å²) in [6, 6.07) is 18.7. The number of hydrogen-bond donors (Lipinski definition) is 2. The van der Waals surface area contributed by atoms with Crippen molar-refractivity contribution < 1.29 is 9.59 Å². The molecule has 0 bridgehead atoms. The molecule has 2 aromatic carbocycles. The summed E-state index contributed by atoms with van der Waals surface area (Å²) in [6.07, 6.45) is 0. The van der Waals surface area contributed by atoms with Crippen LogP contribution in [0.1, 0.15) is 18.4 Å². The van der Waals surface area contributed by atoms with E-state index >= 15 is 0 Å². The fraction of sp³-hybridized carbons (Fsp3) is 0.111. The predicted molar refractivity (Wildman–Crippen MR) is 87.2 cm³/mol. The number of rotatable bonds is 5. The van der Waals surface area contributed by atoms with Gasteiger partial charge in [-0.1, -0.05) is 55.1 Å². The van der Waals surface area contributed by atoms with Crippen LogP contribution in [0.4, 0.5) is 5.69 Å². The van der Waals surface area contributed by atoms with E-state index in [9.17, 15) is 9.59 Å². The Labute approximate surface area is 129 Å². The molecule has 4 heteroatoms. The largest absolute Gasteiger partial charge is 0.358 e. The van der Waals surface area contributed by atoms with Crippen LogP contribution in [0.2, 0.25) is 0 Å². The number of carbonyl (C=O) groups excluding carboxylic acids is 2. The van der Waals surface area contributed by atoms with E-state index in [1.807, 2.05) is 60.7 Å². The summed E-state index contributed by atoms with van der Waals surface area (Å²) in [5.74, 6) is -1.43. The van der Waals surface area contributed by atoms with Gasteiger partial charge < -0.3 is 5.32 Å². The van der Waals surface area contributed by atoms with Crippen molar-refractivity contribution in [2.24, 2.45) is 0 Å². The smallest absolute Gasteiger partial charge is 0.240 e. The third-order valence-corrected chi connectivity index (χ3v) is 3.12. The SMILES string of the molecule is C=C(Nc1ccccc1)[C@H](C(=O)NC(C)=O)c1ccccc1. The Morgan fingerprint density at radius 2 is 1.50 bits per heavy atom. The number of imide groups is 1. The second-order valence-corrected chi connectivity index (χ2v) is 4.91. The lowest BCUT2D eigenvalue weighted by molar-refractivity contribution is -0.129. The number of amides is 2. The lowest BCUT2D eigenvalue weighted by Gasteiger charge is -2.20. The normalized spacial score (nSPS) is 11.3. The van der Waals surface area contributed by atoms with Crippen molar-refractivity contribution in [3.63, 3.8) is 0 Å². The van der Waals surface area contributed by atoms with E-state index in [0.717, 1.165) is 11.3 Å². The molecule has 0 aromatic heterocycles. The lowest BCUT2D eigenvalue weighted by Crippen LogP contribution is -2.34. The van der Waals surface area contributed by atoms with E-state index in [0.29, 0.717) is 5.70 Å².